The van der Waals surface area contributed by atoms with Gasteiger partial charge in [-0.1, -0.05) is 32.0 Å². The van der Waals surface area contributed by atoms with Gasteiger partial charge in [-0.15, -0.1) is 11.6 Å². The first-order valence-corrected chi connectivity index (χ1v) is 9.43. The van der Waals surface area contributed by atoms with Gasteiger partial charge in [-0.05, 0) is 41.8 Å². The van der Waals surface area contributed by atoms with Crippen LogP contribution in [0.1, 0.15) is 31.4 Å². The Morgan fingerprint density at radius 3 is 2.33 bits per heavy atom. The number of ether oxygens (including phenoxy) is 2. The first kappa shape index (κ1) is 21.5. The van der Waals surface area contributed by atoms with Gasteiger partial charge in [-0.2, -0.15) is 0 Å². The highest BCUT2D eigenvalue weighted by molar-refractivity contribution is 6.17. The molecular weight excluding hydrogens is 371 g/mol. The Hall–Kier alpha value is -1.82. The highest BCUT2D eigenvalue weighted by Crippen LogP contribution is 2.34. The second-order valence-corrected chi connectivity index (χ2v) is 7.21. The molecule has 0 aliphatic carbocycles. The van der Waals surface area contributed by atoms with Crippen molar-refractivity contribution in [1.82, 2.24) is 0 Å². The lowest BCUT2D eigenvalue weighted by Gasteiger charge is -2.27. The number of hydrogen-bond acceptors (Lipinski definition) is 4. The number of rotatable bonds is 10. The van der Waals surface area contributed by atoms with Gasteiger partial charge >= 0.3 is 0 Å². The number of aliphatic hydroxyl groups excluding tert-OH is 2. The van der Waals surface area contributed by atoms with Gasteiger partial charge in [0.05, 0.1) is 13.2 Å². The number of halogens is 2. The minimum absolute atomic E-state index is 0.0234. The molecule has 2 N–H and O–H groups in total. The molecule has 2 rings (SSSR count). The zero-order chi connectivity index (χ0) is 19.9. The van der Waals surface area contributed by atoms with Crippen LogP contribution in [-0.4, -0.2) is 42.0 Å². The molecule has 0 aliphatic heterocycles. The molecule has 1 unspecified atom stereocenters. The van der Waals surface area contributed by atoms with E-state index < -0.39 is 17.3 Å². The first-order valence-electron chi connectivity index (χ1n) is 8.89. The number of aliphatic hydroxyl groups is 2. The summed E-state index contributed by atoms with van der Waals surface area (Å²) in [6, 6.07) is 12.4. The van der Waals surface area contributed by atoms with Crippen molar-refractivity contribution in [3.8, 4) is 11.5 Å². The fourth-order valence-electron chi connectivity index (χ4n) is 2.62. The van der Waals surface area contributed by atoms with Crippen LogP contribution in [0.4, 0.5) is 4.39 Å². The van der Waals surface area contributed by atoms with Crippen molar-refractivity contribution < 1.29 is 24.1 Å². The molecule has 0 fully saturated rings. The molecule has 4 nitrogen and oxygen atoms in total. The average molecular weight is 397 g/mol. The van der Waals surface area contributed by atoms with E-state index in [2.05, 4.69) is 0 Å². The lowest BCUT2D eigenvalue weighted by atomic mass is 9.78. The molecule has 148 valence electrons. The quantitative estimate of drug-likeness (QED) is 0.472. The molecule has 0 saturated heterocycles. The smallest absolute Gasteiger partial charge is 0.165 e. The van der Waals surface area contributed by atoms with Crippen LogP contribution in [0.2, 0.25) is 0 Å². The van der Waals surface area contributed by atoms with Gasteiger partial charge in [0.25, 0.3) is 0 Å². The summed E-state index contributed by atoms with van der Waals surface area (Å²) in [6.45, 7) is 4.09. The summed E-state index contributed by atoms with van der Waals surface area (Å²) in [7, 11) is 0. The standard InChI is InChI=1S/C21H26ClFO4/c1-21(2,15-4-7-18(8-5-15)27-14-17(25)13-24)16-6-9-20(19(23)12-16)26-11-3-10-22/h4-9,12,17,24-25H,3,10-11,13-14H2,1-2H3. The van der Waals surface area contributed by atoms with E-state index in [1.54, 1.807) is 18.2 Å². The molecule has 0 aliphatic rings. The van der Waals surface area contributed by atoms with Crippen LogP contribution < -0.4 is 9.47 Å². The Balaban J connectivity index is 2.11. The first-order chi connectivity index (χ1) is 12.9. The van der Waals surface area contributed by atoms with Gasteiger partial charge in [-0.3, -0.25) is 0 Å². The maximum Gasteiger partial charge on any atom is 0.165 e. The summed E-state index contributed by atoms with van der Waals surface area (Å²) in [4.78, 5) is 0. The molecule has 0 bridgehead atoms. The van der Waals surface area contributed by atoms with Crippen LogP contribution in [0, 0.1) is 5.82 Å². The minimum Gasteiger partial charge on any atom is -0.491 e. The van der Waals surface area contributed by atoms with E-state index in [-0.39, 0.29) is 19.0 Å². The third-order valence-electron chi connectivity index (χ3n) is 4.42. The van der Waals surface area contributed by atoms with Gasteiger partial charge in [-0.25, -0.2) is 4.39 Å². The summed E-state index contributed by atoms with van der Waals surface area (Å²) in [5.41, 5.74) is 1.40. The van der Waals surface area contributed by atoms with Crippen molar-refractivity contribution in [3.05, 3.63) is 59.4 Å². The topological polar surface area (TPSA) is 58.9 Å². The molecule has 27 heavy (non-hydrogen) atoms. The Morgan fingerprint density at radius 1 is 1.07 bits per heavy atom. The van der Waals surface area contributed by atoms with E-state index in [1.807, 2.05) is 32.0 Å². The van der Waals surface area contributed by atoms with E-state index in [9.17, 15) is 9.50 Å². The van der Waals surface area contributed by atoms with Crippen molar-refractivity contribution in [2.24, 2.45) is 0 Å². The number of alkyl halides is 1. The molecule has 2 aromatic rings. The molecule has 0 radical (unpaired) electrons. The van der Waals surface area contributed by atoms with Gasteiger partial charge in [0, 0.05) is 11.3 Å². The van der Waals surface area contributed by atoms with Crippen molar-refractivity contribution in [2.45, 2.75) is 31.8 Å². The predicted octanol–water partition coefficient (Wildman–Crippen LogP) is 3.89. The lowest BCUT2D eigenvalue weighted by Crippen LogP contribution is -2.21. The fourth-order valence-corrected chi connectivity index (χ4v) is 2.73. The molecule has 0 amide bonds. The van der Waals surface area contributed by atoms with Crippen LogP contribution in [-0.2, 0) is 5.41 Å². The highest BCUT2D eigenvalue weighted by Gasteiger charge is 2.24. The summed E-state index contributed by atoms with van der Waals surface area (Å²) >= 11 is 5.61. The van der Waals surface area contributed by atoms with Crippen molar-refractivity contribution in [1.29, 1.82) is 0 Å². The van der Waals surface area contributed by atoms with E-state index in [0.717, 1.165) is 11.1 Å². The van der Waals surface area contributed by atoms with E-state index in [0.29, 0.717) is 24.7 Å². The van der Waals surface area contributed by atoms with Gasteiger partial charge < -0.3 is 19.7 Å². The van der Waals surface area contributed by atoms with E-state index in [1.165, 1.54) is 6.07 Å². The third-order valence-corrected chi connectivity index (χ3v) is 4.69. The number of hydrogen-bond donors (Lipinski definition) is 2. The van der Waals surface area contributed by atoms with Crippen LogP contribution in [0.15, 0.2) is 42.5 Å². The lowest BCUT2D eigenvalue weighted by molar-refractivity contribution is 0.0536. The molecule has 6 heteroatoms. The van der Waals surface area contributed by atoms with Crippen molar-refractivity contribution in [3.63, 3.8) is 0 Å². The van der Waals surface area contributed by atoms with Gasteiger partial charge in [0.1, 0.15) is 18.5 Å². The van der Waals surface area contributed by atoms with Crippen LogP contribution in [0.3, 0.4) is 0 Å². The zero-order valence-corrected chi connectivity index (χ0v) is 16.4. The minimum atomic E-state index is -0.908. The Bertz CT molecular complexity index is 719. The van der Waals surface area contributed by atoms with Crippen LogP contribution in [0.25, 0.3) is 0 Å². The van der Waals surface area contributed by atoms with Gasteiger partial charge in [0.15, 0.2) is 11.6 Å². The highest BCUT2D eigenvalue weighted by atomic mass is 35.5. The molecule has 0 aromatic heterocycles. The average Bonchev–Trinajstić information content (AvgIpc) is 2.67. The van der Waals surface area contributed by atoms with Crippen LogP contribution in [0.5, 0.6) is 11.5 Å². The van der Waals surface area contributed by atoms with Crippen molar-refractivity contribution >= 4 is 11.6 Å². The number of benzene rings is 2. The maximum absolute atomic E-state index is 14.4. The molecule has 0 saturated carbocycles. The Labute approximate surface area is 164 Å². The molecule has 1 atom stereocenters. The monoisotopic (exact) mass is 396 g/mol. The molecule has 0 heterocycles. The summed E-state index contributed by atoms with van der Waals surface area (Å²) < 4.78 is 25.2. The summed E-state index contributed by atoms with van der Waals surface area (Å²) in [5, 5.41) is 18.2. The molecule has 2 aromatic carbocycles. The fraction of sp³-hybridized carbons (Fsp3) is 0.429. The molecule has 0 spiro atoms. The SMILES string of the molecule is CC(C)(c1ccc(OCC(O)CO)cc1)c1ccc(OCCCCl)c(F)c1. The maximum atomic E-state index is 14.4. The Kier molecular flexibility index (Phi) is 7.90. The van der Waals surface area contributed by atoms with Crippen molar-refractivity contribution in [2.75, 3.05) is 25.7 Å². The van der Waals surface area contributed by atoms with E-state index >= 15 is 0 Å². The second kappa shape index (κ2) is 9.93. The van der Waals surface area contributed by atoms with Crippen LogP contribution >= 0.6 is 11.6 Å². The second-order valence-electron chi connectivity index (χ2n) is 6.83. The summed E-state index contributed by atoms with van der Waals surface area (Å²) in [6.07, 6.45) is -0.243. The largest absolute Gasteiger partial charge is 0.491 e. The summed E-state index contributed by atoms with van der Waals surface area (Å²) in [5.74, 6) is 0.904. The molecular formula is C21H26ClFO4. The van der Waals surface area contributed by atoms with E-state index in [4.69, 9.17) is 26.2 Å². The Morgan fingerprint density at radius 2 is 1.74 bits per heavy atom. The predicted molar refractivity (Wildman–Crippen MR) is 104 cm³/mol. The third kappa shape index (κ3) is 5.83. The van der Waals surface area contributed by atoms with Gasteiger partial charge in [0.2, 0.25) is 0 Å². The zero-order valence-electron chi connectivity index (χ0n) is 15.6. The normalized spacial score (nSPS) is 12.7.